The summed E-state index contributed by atoms with van der Waals surface area (Å²) in [5.41, 5.74) is 2.34. The van der Waals surface area contributed by atoms with Gasteiger partial charge in [-0.15, -0.1) is 0 Å². The fourth-order valence-corrected chi connectivity index (χ4v) is 2.77. The predicted molar refractivity (Wildman–Crippen MR) is 94.1 cm³/mol. The molecule has 2 aromatic rings. The summed E-state index contributed by atoms with van der Waals surface area (Å²) < 4.78 is 5.43. The van der Waals surface area contributed by atoms with E-state index in [4.69, 9.17) is 27.9 Å². The Morgan fingerprint density at radius 2 is 2.04 bits per heavy atom. The van der Waals surface area contributed by atoms with Crippen LogP contribution in [-0.2, 0) is 6.42 Å². The second-order valence-electron chi connectivity index (χ2n) is 5.45. The van der Waals surface area contributed by atoms with Gasteiger partial charge in [0.15, 0.2) is 0 Å². The number of hydrogen-bond acceptors (Lipinski definition) is 3. The molecule has 5 nitrogen and oxygen atoms in total. The largest absolute Gasteiger partial charge is 0.493 e. The summed E-state index contributed by atoms with van der Waals surface area (Å²) in [5.74, 6) is 0.858. The standard InChI is InChI=1S/C17H16Cl2N2O3/c18-13-3-2-12(8-14(13)19)21-17(23)20-9-15(22)10-1-4-16-11(7-10)5-6-24-16/h1-4,7-8,15,22H,5-6,9H2,(H2,20,21,23). The Bertz CT molecular complexity index is 767. The monoisotopic (exact) mass is 366 g/mol. The van der Waals surface area contributed by atoms with E-state index in [0.29, 0.717) is 22.3 Å². The third-order valence-corrected chi connectivity index (χ3v) is 4.47. The number of halogens is 2. The zero-order chi connectivity index (χ0) is 17.1. The fourth-order valence-electron chi connectivity index (χ4n) is 2.47. The lowest BCUT2D eigenvalue weighted by atomic mass is 10.0. The van der Waals surface area contributed by atoms with Gasteiger partial charge in [0.2, 0.25) is 0 Å². The number of amides is 2. The molecule has 0 radical (unpaired) electrons. The van der Waals surface area contributed by atoms with Gasteiger partial charge in [0, 0.05) is 18.7 Å². The van der Waals surface area contributed by atoms with Gasteiger partial charge in [0.05, 0.1) is 22.8 Å². The van der Waals surface area contributed by atoms with Crippen molar-refractivity contribution in [1.82, 2.24) is 5.32 Å². The van der Waals surface area contributed by atoms with Crippen LogP contribution in [0.25, 0.3) is 0 Å². The number of aliphatic hydroxyl groups excluding tert-OH is 1. The van der Waals surface area contributed by atoms with Crippen LogP contribution < -0.4 is 15.4 Å². The second kappa shape index (κ2) is 7.30. The number of carbonyl (C=O) groups excluding carboxylic acids is 1. The smallest absolute Gasteiger partial charge is 0.319 e. The van der Waals surface area contributed by atoms with Gasteiger partial charge in [-0.05, 0) is 41.5 Å². The van der Waals surface area contributed by atoms with Gasteiger partial charge < -0.3 is 20.5 Å². The van der Waals surface area contributed by atoms with Crippen LogP contribution in [0, 0.1) is 0 Å². The number of fused-ring (bicyclic) bond motifs is 1. The van der Waals surface area contributed by atoms with E-state index in [2.05, 4.69) is 10.6 Å². The second-order valence-corrected chi connectivity index (χ2v) is 6.26. The van der Waals surface area contributed by atoms with Crippen molar-refractivity contribution in [2.24, 2.45) is 0 Å². The van der Waals surface area contributed by atoms with E-state index in [-0.39, 0.29) is 6.54 Å². The van der Waals surface area contributed by atoms with E-state index in [1.54, 1.807) is 24.3 Å². The van der Waals surface area contributed by atoms with Gasteiger partial charge in [-0.25, -0.2) is 4.79 Å². The first-order chi connectivity index (χ1) is 11.5. The molecular weight excluding hydrogens is 351 g/mol. The molecule has 1 heterocycles. The molecule has 24 heavy (non-hydrogen) atoms. The van der Waals surface area contributed by atoms with E-state index in [1.807, 2.05) is 12.1 Å². The van der Waals surface area contributed by atoms with Crippen molar-refractivity contribution in [3.05, 3.63) is 57.6 Å². The van der Waals surface area contributed by atoms with Crippen LogP contribution in [0.1, 0.15) is 17.2 Å². The SMILES string of the molecule is O=C(NCC(O)c1ccc2c(c1)CCO2)Nc1ccc(Cl)c(Cl)c1. The number of urea groups is 1. The highest BCUT2D eigenvalue weighted by atomic mass is 35.5. The Morgan fingerprint density at radius 3 is 2.83 bits per heavy atom. The molecule has 1 aliphatic rings. The van der Waals surface area contributed by atoms with Gasteiger partial charge in [0.1, 0.15) is 5.75 Å². The molecule has 0 saturated carbocycles. The van der Waals surface area contributed by atoms with Crippen molar-refractivity contribution in [3.8, 4) is 5.75 Å². The summed E-state index contributed by atoms with van der Waals surface area (Å²) in [5, 5.41) is 16.3. The molecule has 1 unspecified atom stereocenters. The lowest BCUT2D eigenvalue weighted by Gasteiger charge is -2.14. The van der Waals surface area contributed by atoms with Gasteiger partial charge in [0.25, 0.3) is 0 Å². The minimum absolute atomic E-state index is 0.0901. The Balaban J connectivity index is 1.54. The van der Waals surface area contributed by atoms with E-state index < -0.39 is 12.1 Å². The topological polar surface area (TPSA) is 70.6 Å². The Kier molecular flexibility index (Phi) is 5.14. The maximum absolute atomic E-state index is 11.9. The summed E-state index contributed by atoms with van der Waals surface area (Å²) in [7, 11) is 0. The van der Waals surface area contributed by atoms with Crippen LogP contribution in [0.2, 0.25) is 10.0 Å². The molecule has 0 spiro atoms. The van der Waals surface area contributed by atoms with Gasteiger partial charge in [-0.3, -0.25) is 0 Å². The van der Waals surface area contributed by atoms with Crippen LogP contribution in [0.15, 0.2) is 36.4 Å². The number of carbonyl (C=O) groups is 1. The molecule has 0 fully saturated rings. The summed E-state index contributed by atoms with van der Waals surface area (Å²) in [6, 6.07) is 9.92. The van der Waals surface area contributed by atoms with Crippen LogP contribution >= 0.6 is 23.2 Å². The summed E-state index contributed by atoms with van der Waals surface area (Å²) >= 11 is 11.7. The molecule has 0 aromatic heterocycles. The zero-order valence-electron chi connectivity index (χ0n) is 12.7. The normalized spacial score (nSPS) is 13.8. The van der Waals surface area contributed by atoms with Crippen molar-refractivity contribution in [1.29, 1.82) is 0 Å². The van der Waals surface area contributed by atoms with Gasteiger partial charge in [-0.2, -0.15) is 0 Å². The Hall–Kier alpha value is -1.95. The van der Waals surface area contributed by atoms with E-state index >= 15 is 0 Å². The summed E-state index contributed by atoms with van der Waals surface area (Å²) in [6.45, 7) is 0.756. The molecule has 1 atom stereocenters. The molecule has 0 bridgehead atoms. The molecule has 3 rings (SSSR count). The maximum atomic E-state index is 11.9. The quantitative estimate of drug-likeness (QED) is 0.770. The highest BCUT2D eigenvalue weighted by Crippen LogP contribution is 2.28. The lowest BCUT2D eigenvalue weighted by molar-refractivity contribution is 0.175. The average Bonchev–Trinajstić information content (AvgIpc) is 3.03. The van der Waals surface area contributed by atoms with Crippen LogP contribution in [0.5, 0.6) is 5.75 Å². The van der Waals surface area contributed by atoms with Crippen molar-refractivity contribution in [2.75, 3.05) is 18.5 Å². The van der Waals surface area contributed by atoms with E-state index in [9.17, 15) is 9.90 Å². The zero-order valence-corrected chi connectivity index (χ0v) is 14.2. The van der Waals surface area contributed by atoms with Crippen LogP contribution in [0.3, 0.4) is 0 Å². The number of benzene rings is 2. The first-order valence-corrected chi connectivity index (χ1v) is 8.22. The molecule has 126 valence electrons. The first kappa shape index (κ1) is 16.9. The number of aliphatic hydroxyl groups is 1. The Morgan fingerprint density at radius 1 is 1.21 bits per heavy atom. The van der Waals surface area contributed by atoms with Gasteiger partial charge in [-0.1, -0.05) is 29.3 Å². The molecule has 1 aliphatic heterocycles. The molecule has 3 N–H and O–H groups in total. The highest BCUT2D eigenvalue weighted by Gasteiger charge is 2.16. The summed E-state index contributed by atoms with van der Waals surface area (Å²) in [6.07, 6.45) is 0.0386. The average molecular weight is 367 g/mol. The number of rotatable bonds is 4. The Labute approximate surface area is 149 Å². The number of hydrogen-bond donors (Lipinski definition) is 3. The predicted octanol–water partition coefficient (Wildman–Crippen LogP) is 3.78. The minimum atomic E-state index is -0.796. The molecule has 0 aliphatic carbocycles. The maximum Gasteiger partial charge on any atom is 0.319 e. The molecular formula is C17H16Cl2N2O3. The third-order valence-electron chi connectivity index (χ3n) is 3.73. The highest BCUT2D eigenvalue weighted by molar-refractivity contribution is 6.42. The van der Waals surface area contributed by atoms with Crippen molar-refractivity contribution >= 4 is 34.9 Å². The number of ether oxygens (including phenoxy) is 1. The van der Waals surface area contributed by atoms with E-state index in [1.165, 1.54) is 0 Å². The minimum Gasteiger partial charge on any atom is -0.493 e. The first-order valence-electron chi connectivity index (χ1n) is 7.46. The number of anilines is 1. The van der Waals surface area contributed by atoms with Crippen molar-refractivity contribution < 1.29 is 14.6 Å². The lowest BCUT2D eigenvalue weighted by Crippen LogP contribution is -2.32. The number of nitrogens with one attached hydrogen (secondary N) is 2. The van der Waals surface area contributed by atoms with Crippen LogP contribution in [-0.4, -0.2) is 24.3 Å². The molecule has 2 aromatic carbocycles. The summed E-state index contributed by atoms with van der Waals surface area (Å²) in [4.78, 5) is 11.9. The van der Waals surface area contributed by atoms with E-state index in [0.717, 1.165) is 23.3 Å². The fraction of sp³-hybridized carbons (Fsp3) is 0.235. The van der Waals surface area contributed by atoms with Gasteiger partial charge >= 0.3 is 6.03 Å². The third kappa shape index (κ3) is 3.93. The van der Waals surface area contributed by atoms with Crippen molar-refractivity contribution in [2.45, 2.75) is 12.5 Å². The van der Waals surface area contributed by atoms with Crippen molar-refractivity contribution in [3.63, 3.8) is 0 Å². The molecule has 7 heteroatoms. The van der Waals surface area contributed by atoms with Crippen LogP contribution in [0.4, 0.5) is 10.5 Å². The molecule has 2 amide bonds. The molecule has 0 saturated heterocycles.